The normalized spacial score (nSPS) is 14.5. The summed E-state index contributed by atoms with van der Waals surface area (Å²) in [6, 6.07) is 15.7. The van der Waals surface area contributed by atoms with Crippen molar-refractivity contribution in [3.63, 3.8) is 0 Å². The van der Waals surface area contributed by atoms with Gasteiger partial charge in [-0.25, -0.2) is 14.6 Å². The van der Waals surface area contributed by atoms with Crippen LogP contribution in [0.5, 0.6) is 5.75 Å². The summed E-state index contributed by atoms with van der Waals surface area (Å²) >= 11 is 0. The van der Waals surface area contributed by atoms with Crippen molar-refractivity contribution in [2.75, 3.05) is 25.9 Å². The van der Waals surface area contributed by atoms with Crippen LogP contribution in [0.1, 0.15) is 29.6 Å². The van der Waals surface area contributed by atoms with E-state index in [1.54, 1.807) is 7.11 Å². The first kappa shape index (κ1) is 23.0. The SMILES string of the molecule is COc1ccccc1C(=O)N1CCC(CCn2nc(-c3ccc4[nH]ccc4c3)c3c(N)ncnc32)CC1. The van der Waals surface area contributed by atoms with Crippen molar-refractivity contribution < 1.29 is 9.53 Å². The van der Waals surface area contributed by atoms with Crippen molar-refractivity contribution >= 4 is 33.7 Å². The van der Waals surface area contributed by atoms with E-state index < -0.39 is 0 Å². The van der Waals surface area contributed by atoms with Gasteiger partial charge in [-0.05, 0) is 55.5 Å². The van der Waals surface area contributed by atoms with Crippen LogP contribution in [0, 0.1) is 5.92 Å². The number of anilines is 1. The maximum atomic E-state index is 13.0. The number of likely N-dealkylation sites (tertiary alicyclic amines) is 1. The second kappa shape index (κ2) is 9.57. The minimum atomic E-state index is 0.0326. The van der Waals surface area contributed by atoms with Gasteiger partial charge in [0.15, 0.2) is 5.65 Å². The molecule has 0 aliphatic carbocycles. The van der Waals surface area contributed by atoms with Crippen LogP contribution in [0.4, 0.5) is 5.82 Å². The Bertz CT molecular complexity index is 1580. The van der Waals surface area contributed by atoms with Gasteiger partial charge in [0, 0.05) is 42.3 Å². The molecule has 4 heterocycles. The second-order valence-electron chi connectivity index (χ2n) is 9.53. The number of benzene rings is 2. The lowest BCUT2D eigenvalue weighted by Gasteiger charge is -2.32. The molecule has 1 aliphatic heterocycles. The summed E-state index contributed by atoms with van der Waals surface area (Å²) in [6.45, 7) is 2.20. The molecule has 3 aromatic heterocycles. The number of nitrogens with zero attached hydrogens (tertiary/aromatic N) is 5. The minimum Gasteiger partial charge on any atom is -0.496 e. The highest BCUT2D eigenvalue weighted by molar-refractivity contribution is 6.00. The molecule has 0 unspecified atom stereocenters. The summed E-state index contributed by atoms with van der Waals surface area (Å²) in [7, 11) is 1.60. The molecule has 5 aromatic rings. The van der Waals surface area contributed by atoms with E-state index in [2.05, 4.69) is 27.1 Å². The first-order chi connectivity index (χ1) is 18.1. The fourth-order valence-corrected chi connectivity index (χ4v) is 5.31. The Balaban J connectivity index is 1.17. The van der Waals surface area contributed by atoms with Crippen LogP contribution in [-0.2, 0) is 6.54 Å². The van der Waals surface area contributed by atoms with Crippen LogP contribution in [-0.4, -0.2) is 55.7 Å². The van der Waals surface area contributed by atoms with Gasteiger partial charge in [0.2, 0.25) is 0 Å². The highest BCUT2D eigenvalue weighted by atomic mass is 16.5. The Morgan fingerprint density at radius 1 is 1.14 bits per heavy atom. The minimum absolute atomic E-state index is 0.0326. The maximum Gasteiger partial charge on any atom is 0.257 e. The standard InChI is InChI=1S/C28H29N7O2/c1-37-23-5-3-2-4-21(23)28(36)34-13-9-18(10-14-34)11-15-35-27-24(26(29)31-17-32-27)25(33-35)20-6-7-22-19(16-20)8-12-30-22/h2-8,12,16-18,30H,9-11,13-15H2,1H3,(H2,29,31,32). The topological polar surface area (TPSA) is 115 Å². The largest absolute Gasteiger partial charge is 0.496 e. The summed E-state index contributed by atoms with van der Waals surface area (Å²) in [5.41, 5.74) is 10.5. The molecule has 1 fully saturated rings. The highest BCUT2D eigenvalue weighted by Gasteiger charge is 2.26. The molecule has 6 rings (SSSR count). The zero-order chi connectivity index (χ0) is 25.4. The van der Waals surface area contributed by atoms with Gasteiger partial charge in [-0.15, -0.1) is 0 Å². The molecular formula is C28H29N7O2. The lowest BCUT2D eigenvalue weighted by atomic mass is 9.93. The molecule has 9 nitrogen and oxygen atoms in total. The van der Waals surface area contributed by atoms with Gasteiger partial charge in [0.05, 0.1) is 18.1 Å². The predicted octanol–water partition coefficient (Wildman–Crippen LogP) is 4.51. The number of nitrogens with two attached hydrogens (primary N) is 1. The van der Waals surface area contributed by atoms with E-state index in [-0.39, 0.29) is 5.91 Å². The molecule has 0 bridgehead atoms. The first-order valence-electron chi connectivity index (χ1n) is 12.6. The summed E-state index contributed by atoms with van der Waals surface area (Å²) in [6.07, 6.45) is 6.28. The number of aromatic amines is 1. The molecular weight excluding hydrogens is 466 g/mol. The summed E-state index contributed by atoms with van der Waals surface area (Å²) < 4.78 is 7.34. The number of hydrogen-bond donors (Lipinski definition) is 2. The Hall–Kier alpha value is -4.40. The van der Waals surface area contributed by atoms with Gasteiger partial charge < -0.3 is 20.4 Å². The number of para-hydroxylation sites is 1. The molecule has 37 heavy (non-hydrogen) atoms. The van der Waals surface area contributed by atoms with Gasteiger partial charge >= 0.3 is 0 Å². The number of nitrogen functional groups attached to an aromatic ring is 1. The molecule has 0 saturated carbocycles. The molecule has 3 N–H and O–H groups in total. The lowest BCUT2D eigenvalue weighted by molar-refractivity contribution is 0.0681. The monoisotopic (exact) mass is 495 g/mol. The van der Waals surface area contributed by atoms with E-state index >= 15 is 0 Å². The molecule has 0 atom stereocenters. The van der Waals surface area contributed by atoms with Crippen molar-refractivity contribution in [2.24, 2.45) is 5.92 Å². The van der Waals surface area contributed by atoms with Gasteiger partial charge in [0.1, 0.15) is 23.6 Å². The summed E-state index contributed by atoms with van der Waals surface area (Å²) in [5.74, 6) is 1.58. The molecule has 1 saturated heterocycles. The number of rotatable bonds is 6. The smallest absolute Gasteiger partial charge is 0.257 e. The quantitative estimate of drug-likeness (QED) is 0.358. The fourth-order valence-electron chi connectivity index (χ4n) is 5.31. The molecule has 9 heteroatoms. The number of nitrogens with one attached hydrogen (secondary N) is 1. The van der Waals surface area contributed by atoms with Crippen LogP contribution >= 0.6 is 0 Å². The van der Waals surface area contributed by atoms with E-state index in [1.165, 1.54) is 6.33 Å². The van der Waals surface area contributed by atoms with Gasteiger partial charge in [-0.1, -0.05) is 18.2 Å². The van der Waals surface area contributed by atoms with Crippen LogP contribution in [0.15, 0.2) is 61.1 Å². The number of carbonyl (C=O) groups excluding carboxylic acids is 1. The first-order valence-corrected chi connectivity index (χ1v) is 12.6. The third kappa shape index (κ3) is 4.26. The number of ether oxygens (including phenoxy) is 1. The highest BCUT2D eigenvalue weighted by Crippen LogP contribution is 2.32. The Labute approximate surface area is 214 Å². The van der Waals surface area contributed by atoms with Crippen molar-refractivity contribution in [3.8, 4) is 17.0 Å². The molecule has 0 radical (unpaired) electrons. The zero-order valence-electron chi connectivity index (χ0n) is 20.7. The predicted molar refractivity (Wildman–Crippen MR) is 143 cm³/mol. The molecule has 0 spiro atoms. The van der Waals surface area contributed by atoms with Crippen molar-refractivity contribution in [3.05, 3.63) is 66.6 Å². The van der Waals surface area contributed by atoms with E-state index in [9.17, 15) is 4.79 Å². The third-order valence-corrected chi connectivity index (χ3v) is 7.37. The molecule has 2 aromatic carbocycles. The van der Waals surface area contributed by atoms with Crippen LogP contribution in [0.3, 0.4) is 0 Å². The van der Waals surface area contributed by atoms with E-state index in [0.29, 0.717) is 23.0 Å². The Morgan fingerprint density at radius 3 is 2.81 bits per heavy atom. The van der Waals surface area contributed by atoms with Crippen molar-refractivity contribution in [1.29, 1.82) is 0 Å². The summed E-state index contributed by atoms with van der Waals surface area (Å²) in [5, 5.41) is 6.85. The van der Waals surface area contributed by atoms with Gasteiger partial charge in [-0.3, -0.25) is 4.79 Å². The van der Waals surface area contributed by atoms with Gasteiger partial charge in [0.25, 0.3) is 5.91 Å². The average Bonchev–Trinajstić information content (AvgIpc) is 3.57. The number of methoxy groups -OCH3 is 1. The number of aryl methyl sites for hydroxylation is 1. The number of amides is 1. The van der Waals surface area contributed by atoms with Gasteiger partial charge in [-0.2, -0.15) is 5.10 Å². The van der Waals surface area contributed by atoms with E-state index in [1.807, 2.05) is 52.2 Å². The number of fused-ring (bicyclic) bond motifs is 2. The molecule has 188 valence electrons. The zero-order valence-corrected chi connectivity index (χ0v) is 20.7. The van der Waals surface area contributed by atoms with Crippen LogP contribution in [0.2, 0.25) is 0 Å². The number of hydrogen-bond acceptors (Lipinski definition) is 6. The van der Waals surface area contributed by atoms with E-state index in [4.69, 9.17) is 15.6 Å². The second-order valence-corrected chi connectivity index (χ2v) is 9.53. The number of aromatic nitrogens is 5. The number of piperidine rings is 1. The van der Waals surface area contributed by atoms with Crippen molar-refractivity contribution in [1.82, 2.24) is 29.6 Å². The van der Waals surface area contributed by atoms with Crippen LogP contribution in [0.25, 0.3) is 33.2 Å². The Morgan fingerprint density at radius 2 is 1.97 bits per heavy atom. The van der Waals surface area contributed by atoms with Crippen LogP contribution < -0.4 is 10.5 Å². The van der Waals surface area contributed by atoms with E-state index in [0.717, 1.165) is 72.1 Å². The molecule has 1 amide bonds. The average molecular weight is 496 g/mol. The number of carbonyl (C=O) groups is 1. The number of H-pyrrole nitrogens is 1. The third-order valence-electron chi connectivity index (χ3n) is 7.37. The van der Waals surface area contributed by atoms with Crippen molar-refractivity contribution in [2.45, 2.75) is 25.8 Å². The summed E-state index contributed by atoms with van der Waals surface area (Å²) in [4.78, 5) is 27.0. The Kier molecular flexibility index (Phi) is 5.96. The lowest BCUT2D eigenvalue weighted by Crippen LogP contribution is -2.38. The molecule has 1 aliphatic rings. The maximum absolute atomic E-state index is 13.0. The fraction of sp³-hybridized carbons (Fsp3) is 0.286.